The van der Waals surface area contributed by atoms with E-state index in [0.717, 1.165) is 24.3 Å². The Kier molecular flexibility index (Phi) is 2.72. The third-order valence-corrected chi connectivity index (χ3v) is 3.09. The van der Waals surface area contributed by atoms with Crippen LogP contribution >= 0.6 is 0 Å². The number of rotatable bonds is 3. The molecule has 0 aromatic carbocycles. The first kappa shape index (κ1) is 8.06. The van der Waals surface area contributed by atoms with Gasteiger partial charge in [0.05, 0.1) is 0 Å². The first-order chi connectivity index (χ1) is 4.75. The average molecular weight is 141 g/mol. The van der Waals surface area contributed by atoms with E-state index < -0.39 is 0 Å². The van der Waals surface area contributed by atoms with E-state index in [-0.39, 0.29) is 0 Å². The standard InChI is InChI=1S/C9H19N/c1-7-6-9(8(7)2)4-3-5-10/h7-9H,3-6,10H2,1-2H3. The van der Waals surface area contributed by atoms with Crippen molar-refractivity contribution < 1.29 is 0 Å². The Morgan fingerprint density at radius 3 is 2.50 bits per heavy atom. The molecule has 0 aromatic heterocycles. The van der Waals surface area contributed by atoms with Crippen LogP contribution in [-0.2, 0) is 0 Å². The zero-order valence-corrected chi connectivity index (χ0v) is 7.14. The molecular weight excluding hydrogens is 122 g/mol. The van der Waals surface area contributed by atoms with Gasteiger partial charge < -0.3 is 5.73 Å². The summed E-state index contributed by atoms with van der Waals surface area (Å²) in [6.07, 6.45) is 4.03. The highest BCUT2D eigenvalue weighted by molar-refractivity contribution is 4.83. The summed E-state index contributed by atoms with van der Waals surface area (Å²) in [6, 6.07) is 0. The van der Waals surface area contributed by atoms with Crippen LogP contribution in [0.1, 0.15) is 33.1 Å². The van der Waals surface area contributed by atoms with E-state index in [1.807, 2.05) is 0 Å². The van der Waals surface area contributed by atoms with Crippen molar-refractivity contribution in [2.75, 3.05) is 6.54 Å². The van der Waals surface area contributed by atoms with Crippen LogP contribution in [0.4, 0.5) is 0 Å². The third kappa shape index (κ3) is 1.51. The average Bonchev–Trinajstić information content (AvgIpc) is 1.97. The summed E-state index contributed by atoms with van der Waals surface area (Å²) < 4.78 is 0. The predicted octanol–water partition coefficient (Wildman–Crippen LogP) is 2.02. The van der Waals surface area contributed by atoms with Gasteiger partial charge in [0.1, 0.15) is 0 Å². The summed E-state index contributed by atoms with van der Waals surface area (Å²) in [5.41, 5.74) is 5.44. The van der Waals surface area contributed by atoms with Crippen molar-refractivity contribution in [2.24, 2.45) is 23.5 Å². The lowest BCUT2D eigenvalue weighted by molar-refractivity contribution is 0.0938. The molecule has 0 bridgehead atoms. The van der Waals surface area contributed by atoms with E-state index in [9.17, 15) is 0 Å². The molecule has 1 heteroatoms. The van der Waals surface area contributed by atoms with Gasteiger partial charge in [0, 0.05) is 0 Å². The molecule has 0 amide bonds. The van der Waals surface area contributed by atoms with Crippen molar-refractivity contribution in [3.05, 3.63) is 0 Å². The van der Waals surface area contributed by atoms with Gasteiger partial charge in [0.25, 0.3) is 0 Å². The van der Waals surface area contributed by atoms with E-state index in [1.54, 1.807) is 0 Å². The Morgan fingerprint density at radius 2 is 2.10 bits per heavy atom. The molecule has 1 fully saturated rings. The molecule has 3 atom stereocenters. The molecule has 60 valence electrons. The van der Waals surface area contributed by atoms with Gasteiger partial charge in [-0.1, -0.05) is 13.8 Å². The molecule has 0 spiro atoms. The molecule has 3 unspecified atom stereocenters. The van der Waals surface area contributed by atoms with Gasteiger partial charge in [0.2, 0.25) is 0 Å². The molecule has 0 radical (unpaired) electrons. The van der Waals surface area contributed by atoms with Crippen molar-refractivity contribution >= 4 is 0 Å². The summed E-state index contributed by atoms with van der Waals surface area (Å²) in [5, 5.41) is 0. The second kappa shape index (κ2) is 3.38. The van der Waals surface area contributed by atoms with Crippen molar-refractivity contribution in [3.63, 3.8) is 0 Å². The van der Waals surface area contributed by atoms with Crippen LogP contribution in [-0.4, -0.2) is 6.54 Å². The maximum absolute atomic E-state index is 5.44. The van der Waals surface area contributed by atoms with Crippen LogP contribution < -0.4 is 5.73 Å². The molecule has 0 aliphatic heterocycles. The van der Waals surface area contributed by atoms with Gasteiger partial charge in [-0.05, 0) is 43.6 Å². The fourth-order valence-electron chi connectivity index (χ4n) is 1.94. The summed E-state index contributed by atoms with van der Waals surface area (Å²) in [4.78, 5) is 0. The fraction of sp³-hybridized carbons (Fsp3) is 1.00. The van der Waals surface area contributed by atoms with Gasteiger partial charge in [-0.15, -0.1) is 0 Å². The fourth-order valence-corrected chi connectivity index (χ4v) is 1.94. The summed E-state index contributed by atoms with van der Waals surface area (Å²) >= 11 is 0. The monoisotopic (exact) mass is 141 g/mol. The first-order valence-corrected chi connectivity index (χ1v) is 4.45. The molecule has 0 heterocycles. The van der Waals surface area contributed by atoms with E-state index in [1.165, 1.54) is 19.3 Å². The summed E-state index contributed by atoms with van der Waals surface area (Å²) in [7, 11) is 0. The largest absolute Gasteiger partial charge is 0.330 e. The molecule has 0 aromatic rings. The summed E-state index contributed by atoms with van der Waals surface area (Å²) in [6.45, 7) is 5.59. The Hall–Kier alpha value is -0.0400. The highest BCUT2D eigenvalue weighted by atomic mass is 14.5. The Labute approximate surface area is 64.0 Å². The minimum Gasteiger partial charge on any atom is -0.330 e. The molecule has 1 saturated carbocycles. The topological polar surface area (TPSA) is 26.0 Å². The second-order valence-electron chi connectivity index (χ2n) is 3.76. The van der Waals surface area contributed by atoms with E-state index in [4.69, 9.17) is 5.73 Å². The van der Waals surface area contributed by atoms with Gasteiger partial charge in [-0.3, -0.25) is 0 Å². The lowest BCUT2D eigenvalue weighted by atomic mass is 9.65. The maximum atomic E-state index is 5.44. The number of nitrogens with two attached hydrogens (primary N) is 1. The minimum absolute atomic E-state index is 0.873. The quantitative estimate of drug-likeness (QED) is 0.639. The van der Waals surface area contributed by atoms with E-state index >= 15 is 0 Å². The Bertz CT molecular complexity index is 101. The Balaban J connectivity index is 2.08. The van der Waals surface area contributed by atoms with Crippen molar-refractivity contribution in [2.45, 2.75) is 33.1 Å². The van der Waals surface area contributed by atoms with Crippen LogP contribution in [0.15, 0.2) is 0 Å². The van der Waals surface area contributed by atoms with Crippen molar-refractivity contribution in [3.8, 4) is 0 Å². The van der Waals surface area contributed by atoms with Crippen LogP contribution in [0.2, 0.25) is 0 Å². The lowest BCUT2D eigenvalue weighted by Crippen LogP contribution is -2.32. The minimum atomic E-state index is 0.873. The molecule has 0 saturated heterocycles. The van der Waals surface area contributed by atoms with Gasteiger partial charge in [0.15, 0.2) is 0 Å². The summed E-state index contributed by atoms with van der Waals surface area (Å²) in [5.74, 6) is 2.94. The molecule has 1 nitrogen and oxygen atoms in total. The van der Waals surface area contributed by atoms with Gasteiger partial charge in [-0.2, -0.15) is 0 Å². The molecule has 1 aliphatic carbocycles. The van der Waals surface area contributed by atoms with Crippen LogP contribution in [0.25, 0.3) is 0 Å². The smallest absolute Gasteiger partial charge is 0.00772 e. The molecule has 1 aliphatic rings. The molecule has 2 N–H and O–H groups in total. The van der Waals surface area contributed by atoms with Crippen molar-refractivity contribution in [1.82, 2.24) is 0 Å². The Morgan fingerprint density at radius 1 is 1.40 bits per heavy atom. The van der Waals surface area contributed by atoms with Crippen molar-refractivity contribution in [1.29, 1.82) is 0 Å². The predicted molar refractivity (Wildman–Crippen MR) is 44.7 cm³/mol. The highest BCUT2D eigenvalue weighted by Crippen LogP contribution is 2.42. The van der Waals surface area contributed by atoms with Crippen LogP contribution in [0.3, 0.4) is 0 Å². The zero-order chi connectivity index (χ0) is 7.56. The zero-order valence-electron chi connectivity index (χ0n) is 7.14. The third-order valence-electron chi connectivity index (χ3n) is 3.09. The SMILES string of the molecule is CC1CC(CCCN)C1C. The molecule has 1 rings (SSSR count). The number of hydrogen-bond donors (Lipinski definition) is 1. The van der Waals surface area contributed by atoms with Gasteiger partial charge >= 0.3 is 0 Å². The van der Waals surface area contributed by atoms with E-state index in [2.05, 4.69) is 13.8 Å². The van der Waals surface area contributed by atoms with Gasteiger partial charge in [-0.25, -0.2) is 0 Å². The van der Waals surface area contributed by atoms with Crippen LogP contribution in [0, 0.1) is 17.8 Å². The second-order valence-corrected chi connectivity index (χ2v) is 3.76. The number of hydrogen-bond acceptors (Lipinski definition) is 1. The van der Waals surface area contributed by atoms with Crippen LogP contribution in [0.5, 0.6) is 0 Å². The van der Waals surface area contributed by atoms with E-state index in [0.29, 0.717) is 0 Å². The lowest BCUT2D eigenvalue weighted by Gasteiger charge is -2.41. The maximum Gasteiger partial charge on any atom is -0.00772 e. The normalized spacial score (nSPS) is 39.3. The molecular formula is C9H19N. The molecule has 10 heavy (non-hydrogen) atoms. The first-order valence-electron chi connectivity index (χ1n) is 4.45. The highest BCUT2D eigenvalue weighted by Gasteiger charge is 2.33.